The number of benzene rings is 1. The number of nitrogens with two attached hydrogens (primary N) is 2. The van der Waals surface area contributed by atoms with Crippen molar-refractivity contribution in [3.05, 3.63) is 18.2 Å². The van der Waals surface area contributed by atoms with Crippen molar-refractivity contribution in [2.75, 3.05) is 11.1 Å². The van der Waals surface area contributed by atoms with Gasteiger partial charge in [-0.25, -0.2) is 13.6 Å². The van der Waals surface area contributed by atoms with Gasteiger partial charge in [-0.15, -0.1) is 0 Å². The second-order valence-corrected chi connectivity index (χ2v) is 6.26. The van der Waals surface area contributed by atoms with Crippen molar-refractivity contribution in [1.82, 2.24) is 0 Å². The minimum absolute atomic E-state index is 0.0674. The number of sulfonamides is 1. The number of nitrogen functional groups attached to an aromatic ring is 1. The molecule has 5 N–H and O–H groups in total. The highest BCUT2D eigenvalue weighted by molar-refractivity contribution is 7.89. The van der Waals surface area contributed by atoms with E-state index in [1.807, 2.05) is 0 Å². The SMILES string of the molecule is CCC(Nc1cc(S(N)(=O)=O)ccc1N)C(C)C. The summed E-state index contributed by atoms with van der Waals surface area (Å²) in [5.41, 5.74) is 6.97. The molecule has 0 aliphatic heterocycles. The number of nitrogens with one attached hydrogen (secondary N) is 1. The van der Waals surface area contributed by atoms with E-state index < -0.39 is 10.0 Å². The molecule has 0 radical (unpaired) electrons. The van der Waals surface area contributed by atoms with Gasteiger partial charge in [0, 0.05) is 6.04 Å². The van der Waals surface area contributed by atoms with Gasteiger partial charge in [0.2, 0.25) is 10.0 Å². The van der Waals surface area contributed by atoms with Crippen LogP contribution in [0.25, 0.3) is 0 Å². The monoisotopic (exact) mass is 271 g/mol. The van der Waals surface area contributed by atoms with Gasteiger partial charge < -0.3 is 11.1 Å². The van der Waals surface area contributed by atoms with Gasteiger partial charge in [-0.2, -0.15) is 0 Å². The van der Waals surface area contributed by atoms with E-state index in [9.17, 15) is 8.42 Å². The van der Waals surface area contributed by atoms with Crippen LogP contribution in [0.4, 0.5) is 11.4 Å². The fraction of sp³-hybridized carbons (Fsp3) is 0.500. The average molecular weight is 271 g/mol. The van der Waals surface area contributed by atoms with Crippen LogP contribution in [0, 0.1) is 5.92 Å². The standard InChI is InChI=1S/C12H21N3O2S/c1-4-11(8(2)3)15-12-7-9(18(14,16)17)5-6-10(12)13/h5-8,11,15H,4,13H2,1-3H3,(H2,14,16,17). The first-order chi connectivity index (χ1) is 8.25. The van der Waals surface area contributed by atoms with E-state index in [-0.39, 0.29) is 10.9 Å². The normalized spacial score (nSPS) is 13.6. The van der Waals surface area contributed by atoms with Crippen molar-refractivity contribution < 1.29 is 8.42 Å². The lowest BCUT2D eigenvalue weighted by molar-refractivity contribution is 0.511. The summed E-state index contributed by atoms with van der Waals surface area (Å²) in [6.45, 7) is 6.26. The summed E-state index contributed by atoms with van der Waals surface area (Å²) in [5.74, 6) is 0.424. The maximum atomic E-state index is 11.3. The molecule has 0 saturated carbocycles. The third-order valence-electron chi connectivity index (χ3n) is 2.94. The fourth-order valence-corrected chi connectivity index (χ4v) is 2.32. The smallest absolute Gasteiger partial charge is 0.238 e. The summed E-state index contributed by atoms with van der Waals surface area (Å²) < 4.78 is 22.6. The van der Waals surface area contributed by atoms with E-state index in [2.05, 4.69) is 26.1 Å². The highest BCUT2D eigenvalue weighted by atomic mass is 32.2. The van der Waals surface area contributed by atoms with Crippen LogP contribution in [0.15, 0.2) is 23.1 Å². The molecule has 0 saturated heterocycles. The van der Waals surface area contributed by atoms with Gasteiger partial charge in [-0.05, 0) is 30.5 Å². The quantitative estimate of drug-likeness (QED) is 0.711. The molecule has 1 aromatic rings. The number of rotatable bonds is 5. The first kappa shape index (κ1) is 14.8. The molecule has 0 spiro atoms. The molecular weight excluding hydrogens is 250 g/mol. The number of primary sulfonamides is 1. The van der Waals surface area contributed by atoms with Crippen molar-refractivity contribution in [3.8, 4) is 0 Å². The van der Waals surface area contributed by atoms with Crippen LogP contribution >= 0.6 is 0 Å². The van der Waals surface area contributed by atoms with Crippen LogP contribution < -0.4 is 16.2 Å². The van der Waals surface area contributed by atoms with E-state index in [4.69, 9.17) is 10.9 Å². The maximum Gasteiger partial charge on any atom is 0.238 e. The fourth-order valence-electron chi connectivity index (χ4n) is 1.78. The predicted octanol–water partition coefficient (Wildman–Crippen LogP) is 1.76. The van der Waals surface area contributed by atoms with E-state index in [0.29, 0.717) is 17.3 Å². The van der Waals surface area contributed by atoms with Crippen molar-refractivity contribution in [1.29, 1.82) is 0 Å². The summed E-state index contributed by atoms with van der Waals surface area (Å²) in [6.07, 6.45) is 0.927. The molecule has 0 bridgehead atoms. The van der Waals surface area contributed by atoms with Crippen LogP contribution in [0.1, 0.15) is 27.2 Å². The van der Waals surface area contributed by atoms with Crippen molar-refractivity contribution in [2.24, 2.45) is 11.1 Å². The molecule has 5 nitrogen and oxygen atoms in total. The zero-order valence-electron chi connectivity index (χ0n) is 11.0. The lowest BCUT2D eigenvalue weighted by Crippen LogP contribution is -2.25. The molecule has 0 heterocycles. The molecule has 1 unspecified atom stereocenters. The molecule has 18 heavy (non-hydrogen) atoms. The van der Waals surface area contributed by atoms with Gasteiger partial charge in [0.25, 0.3) is 0 Å². The van der Waals surface area contributed by atoms with Gasteiger partial charge in [-0.3, -0.25) is 0 Å². The second-order valence-electron chi connectivity index (χ2n) is 4.70. The topological polar surface area (TPSA) is 98.2 Å². The van der Waals surface area contributed by atoms with E-state index in [1.165, 1.54) is 12.1 Å². The van der Waals surface area contributed by atoms with E-state index in [1.54, 1.807) is 6.07 Å². The van der Waals surface area contributed by atoms with Crippen LogP contribution in [0.3, 0.4) is 0 Å². The Balaban J connectivity index is 3.09. The molecule has 1 atom stereocenters. The zero-order chi connectivity index (χ0) is 13.9. The summed E-state index contributed by atoms with van der Waals surface area (Å²) >= 11 is 0. The number of hydrogen-bond acceptors (Lipinski definition) is 4. The Morgan fingerprint density at radius 3 is 2.39 bits per heavy atom. The third-order valence-corrected chi connectivity index (χ3v) is 3.85. The van der Waals surface area contributed by atoms with Crippen LogP contribution in [0.2, 0.25) is 0 Å². The Hall–Kier alpha value is -1.27. The lowest BCUT2D eigenvalue weighted by Gasteiger charge is -2.23. The second kappa shape index (κ2) is 5.58. The summed E-state index contributed by atoms with van der Waals surface area (Å²) in [6, 6.07) is 4.68. The zero-order valence-corrected chi connectivity index (χ0v) is 11.8. The Morgan fingerprint density at radius 1 is 1.33 bits per heavy atom. The third kappa shape index (κ3) is 3.61. The number of anilines is 2. The molecule has 0 aliphatic rings. The highest BCUT2D eigenvalue weighted by Crippen LogP contribution is 2.24. The predicted molar refractivity (Wildman–Crippen MR) is 74.8 cm³/mol. The molecule has 1 aromatic carbocycles. The largest absolute Gasteiger partial charge is 0.397 e. The summed E-state index contributed by atoms with van der Waals surface area (Å²) in [7, 11) is -3.70. The molecule has 0 aromatic heterocycles. The van der Waals surface area contributed by atoms with Gasteiger partial charge in [0.1, 0.15) is 0 Å². The maximum absolute atomic E-state index is 11.3. The molecular formula is C12H21N3O2S. The minimum Gasteiger partial charge on any atom is -0.397 e. The first-order valence-electron chi connectivity index (χ1n) is 5.94. The first-order valence-corrected chi connectivity index (χ1v) is 7.49. The van der Waals surface area contributed by atoms with Gasteiger partial charge in [0.15, 0.2) is 0 Å². The minimum atomic E-state index is -3.70. The van der Waals surface area contributed by atoms with Crippen LogP contribution in [0.5, 0.6) is 0 Å². The Kier molecular flexibility index (Phi) is 4.59. The highest BCUT2D eigenvalue weighted by Gasteiger charge is 2.15. The van der Waals surface area contributed by atoms with E-state index in [0.717, 1.165) is 6.42 Å². The van der Waals surface area contributed by atoms with Gasteiger partial charge in [0.05, 0.1) is 16.3 Å². The summed E-state index contributed by atoms with van der Waals surface area (Å²) in [4.78, 5) is 0.0674. The van der Waals surface area contributed by atoms with Crippen molar-refractivity contribution >= 4 is 21.4 Å². The number of hydrogen-bond donors (Lipinski definition) is 3. The molecule has 6 heteroatoms. The molecule has 0 aliphatic carbocycles. The summed E-state index contributed by atoms with van der Waals surface area (Å²) in [5, 5.41) is 8.37. The Labute approximate surface area is 109 Å². The molecule has 102 valence electrons. The lowest BCUT2D eigenvalue weighted by atomic mass is 10.0. The average Bonchev–Trinajstić information content (AvgIpc) is 2.25. The van der Waals surface area contributed by atoms with Crippen molar-refractivity contribution in [2.45, 2.75) is 38.1 Å². The molecule has 0 fully saturated rings. The van der Waals surface area contributed by atoms with Crippen LogP contribution in [-0.2, 0) is 10.0 Å². The van der Waals surface area contributed by atoms with Gasteiger partial charge in [-0.1, -0.05) is 20.8 Å². The molecule has 1 rings (SSSR count). The van der Waals surface area contributed by atoms with Crippen LogP contribution in [-0.4, -0.2) is 14.5 Å². The molecule has 0 amide bonds. The Morgan fingerprint density at radius 2 is 1.94 bits per heavy atom. The van der Waals surface area contributed by atoms with E-state index >= 15 is 0 Å². The van der Waals surface area contributed by atoms with Gasteiger partial charge >= 0.3 is 0 Å². The van der Waals surface area contributed by atoms with Crippen molar-refractivity contribution in [3.63, 3.8) is 0 Å². The Bertz CT molecular complexity index is 512.